The first-order chi connectivity index (χ1) is 11.3. The molecule has 1 N–H and O–H groups in total. The third-order valence-electron chi connectivity index (χ3n) is 3.62. The zero-order valence-electron chi connectivity index (χ0n) is 12.1. The maximum Gasteiger partial charge on any atom is 0.156 e. The molecule has 0 fully saturated rings. The first-order valence-electron chi connectivity index (χ1n) is 7.16. The van der Waals surface area contributed by atoms with E-state index in [1.165, 1.54) is 6.21 Å². The Balaban J connectivity index is 1.88. The zero-order valence-corrected chi connectivity index (χ0v) is 12.1. The molecule has 23 heavy (non-hydrogen) atoms. The standard InChI is InChI=1S/C18H13N3O2/c22-19-11-14-12-21(15-7-2-1-3-8-15)20-18(14)17-10-13-6-4-5-9-16(13)23-17/h1-12,22H. The van der Waals surface area contributed by atoms with Crippen LogP contribution in [0.5, 0.6) is 0 Å². The highest BCUT2D eigenvalue weighted by atomic mass is 16.4. The zero-order chi connectivity index (χ0) is 15.6. The summed E-state index contributed by atoms with van der Waals surface area (Å²) in [6, 6.07) is 19.4. The SMILES string of the molecule is ON=Cc1cn(-c2ccccc2)nc1-c1cc2ccccc2o1. The van der Waals surface area contributed by atoms with Crippen molar-refractivity contribution in [2.75, 3.05) is 0 Å². The van der Waals surface area contributed by atoms with Crippen LogP contribution in [0, 0.1) is 0 Å². The second-order valence-electron chi connectivity index (χ2n) is 5.11. The van der Waals surface area contributed by atoms with Crippen molar-refractivity contribution in [2.24, 2.45) is 5.16 Å². The molecule has 5 heteroatoms. The minimum absolute atomic E-state index is 0.628. The second kappa shape index (κ2) is 5.46. The smallest absolute Gasteiger partial charge is 0.156 e. The number of fused-ring (bicyclic) bond motifs is 1. The van der Waals surface area contributed by atoms with Crippen LogP contribution in [0.25, 0.3) is 28.1 Å². The number of hydrogen-bond donors (Lipinski definition) is 1. The number of hydrogen-bond acceptors (Lipinski definition) is 4. The monoisotopic (exact) mass is 303 g/mol. The Kier molecular flexibility index (Phi) is 3.16. The number of furan rings is 1. The summed E-state index contributed by atoms with van der Waals surface area (Å²) in [5.74, 6) is 0.635. The van der Waals surface area contributed by atoms with Gasteiger partial charge in [-0.15, -0.1) is 0 Å². The fourth-order valence-electron chi connectivity index (χ4n) is 2.55. The lowest BCUT2D eigenvalue weighted by molar-refractivity contribution is 0.322. The van der Waals surface area contributed by atoms with Crippen molar-refractivity contribution in [1.29, 1.82) is 0 Å². The van der Waals surface area contributed by atoms with Gasteiger partial charge in [-0.25, -0.2) is 4.68 Å². The molecule has 0 unspecified atom stereocenters. The summed E-state index contributed by atoms with van der Waals surface area (Å²) in [6.45, 7) is 0. The minimum atomic E-state index is 0.628. The lowest BCUT2D eigenvalue weighted by Crippen LogP contribution is -1.93. The first-order valence-corrected chi connectivity index (χ1v) is 7.16. The molecule has 0 bridgehead atoms. The van der Waals surface area contributed by atoms with Crippen molar-refractivity contribution >= 4 is 17.2 Å². The number of rotatable bonds is 3. The van der Waals surface area contributed by atoms with Crippen molar-refractivity contribution in [1.82, 2.24) is 9.78 Å². The third-order valence-corrected chi connectivity index (χ3v) is 3.62. The molecule has 0 aliphatic heterocycles. The Morgan fingerprint density at radius 1 is 1.04 bits per heavy atom. The van der Waals surface area contributed by atoms with Crippen LogP contribution in [-0.4, -0.2) is 21.2 Å². The summed E-state index contributed by atoms with van der Waals surface area (Å²) >= 11 is 0. The van der Waals surface area contributed by atoms with E-state index in [1.807, 2.05) is 60.7 Å². The van der Waals surface area contributed by atoms with Crippen LogP contribution < -0.4 is 0 Å². The highest BCUT2D eigenvalue weighted by Gasteiger charge is 2.15. The molecule has 0 saturated heterocycles. The summed E-state index contributed by atoms with van der Waals surface area (Å²) in [5.41, 5.74) is 3.02. The molecule has 4 aromatic rings. The van der Waals surface area contributed by atoms with Crippen LogP contribution in [0.3, 0.4) is 0 Å². The largest absolute Gasteiger partial charge is 0.454 e. The maximum absolute atomic E-state index is 8.91. The summed E-state index contributed by atoms with van der Waals surface area (Å²) in [4.78, 5) is 0. The molecular weight excluding hydrogens is 290 g/mol. The van der Waals surface area contributed by atoms with Crippen LogP contribution in [0.1, 0.15) is 5.56 Å². The van der Waals surface area contributed by atoms with E-state index < -0.39 is 0 Å². The summed E-state index contributed by atoms with van der Waals surface area (Å²) < 4.78 is 7.61. The fourth-order valence-corrected chi connectivity index (χ4v) is 2.55. The highest BCUT2D eigenvalue weighted by molar-refractivity contribution is 5.90. The van der Waals surface area contributed by atoms with Crippen molar-refractivity contribution in [3.8, 4) is 17.1 Å². The van der Waals surface area contributed by atoms with E-state index in [1.54, 1.807) is 10.9 Å². The normalized spacial score (nSPS) is 11.5. The molecule has 2 aromatic heterocycles. The fraction of sp³-hybridized carbons (Fsp3) is 0. The van der Waals surface area contributed by atoms with E-state index in [9.17, 15) is 0 Å². The predicted octanol–water partition coefficient (Wildman–Crippen LogP) is 4.09. The highest BCUT2D eigenvalue weighted by Crippen LogP contribution is 2.29. The van der Waals surface area contributed by atoms with Crippen LogP contribution >= 0.6 is 0 Å². The topological polar surface area (TPSA) is 63.6 Å². The molecule has 0 spiro atoms. The van der Waals surface area contributed by atoms with E-state index in [0.717, 1.165) is 16.7 Å². The lowest BCUT2D eigenvalue weighted by Gasteiger charge is -1.98. The quantitative estimate of drug-likeness (QED) is 0.352. The van der Waals surface area contributed by atoms with Crippen LogP contribution in [0.15, 0.2) is 76.4 Å². The Morgan fingerprint density at radius 2 is 1.83 bits per heavy atom. The lowest BCUT2D eigenvalue weighted by atomic mass is 10.2. The van der Waals surface area contributed by atoms with Gasteiger partial charge in [0.1, 0.15) is 11.3 Å². The van der Waals surface area contributed by atoms with Gasteiger partial charge in [0, 0.05) is 17.1 Å². The van der Waals surface area contributed by atoms with Gasteiger partial charge in [-0.3, -0.25) is 0 Å². The van der Waals surface area contributed by atoms with Crippen molar-refractivity contribution in [2.45, 2.75) is 0 Å². The van der Waals surface area contributed by atoms with E-state index >= 15 is 0 Å². The minimum Gasteiger partial charge on any atom is -0.454 e. The van der Waals surface area contributed by atoms with E-state index in [-0.39, 0.29) is 0 Å². The summed E-state index contributed by atoms with van der Waals surface area (Å²) in [7, 11) is 0. The second-order valence-corrected chi connectivity index (χ2v) is 5.11. The van der Waals surface area contributed by atoms with Crippen LogP contribution in [0.2, 0.25) is 0 Å². The Morgan fingerprint density at radius 3 is 2.61 bits per heavy atom. The summed E-state index contributed by atoms with van der Waals surface area (Å²) in [5, 5.41) is 17.6. The Labute approximate surface area is 132 Å². The Bertz CT molecular complexity index is 951. The van der Waals surface area contributed by atoms with Gasteiger partial charge in [-0.05, 0) is 24.3 Å². The van der Waals surface area contributed by atoms with Gasteiger partial charge in [0.25, 0.3) is 0 Å². The van der Waals surface area contributed by atoms with Gasteiger partial charge in [0.15, 0.2) is 5.76 Å². The van der Waals surface area contributed by atoms with Gasteiger partial charge in [0.2, 0.25) is 0 Å². The number of aromatic nitrogens is 2. The van der Waals surface area contributed by atoms with Crippen molar-refractivity contribution in [3.63, 3.8) is 0 Å². The van der Waals surface area contributed by atoms with Gasteiger partial charge in [0.05, 0.1) is 11.9 Å². The van der Waals surface area contributed by atoms with E-state index in [4.69, 9.17) is 9.62 Å². The average molecular weight is 303 g/mol. The molecular formula is C18H13N3O2. The number of nitrogens with zero attached hydrogens (tertiary/aromatic N) is 3. The number of para-hydroxylation sites is 2. The molecule has 0 saturated carbocycles. The first kappa shape index (κ1) is 13.3. The van der Waals surface area contributed by atoms with E-state index in [2.05, 4.69) is 10.3 Å². The number of benzene rings is 2. The average Bonchev–Trinajstić information content (AvgIpc) is 3.19. The number of oxime groups is 1. The summed E-state index contributed by atoms with van der Waals surface area (Å²) in [6.07, 6.45) is 3.16. The molecule has 112 valence electrons. The molecule has 0 aliphatic carbocycles. The van der Waals surface area contributed by atoms with Gasteiger partial charge < -0.3 is 9.62 Å². The molecule has 5 nitrogen and oxygen atoms in total. The Hall–Kier alpha value is -3.34. The molecule has 4 rings (SSSR count). The van der Waals surface area contributed by atoms with E-state index in [0.29, 0.717) is 17.0 Å². The molecule has 0 aliphatic rings. The van der Waals surface area contributed by atoms with Gasteiger partial charge >= 0.3 is 0 Å². The maximum atomic E-state index is 8.91. The predicted molar refractivity (Wildman–Crippen MR) is 88.2 cm³/mol. The molecule has 0 radical (unpaired) electrons. The van der Waals surface area contributed by atoms with Crippen molar-refractivity contribution in [3.05, 3.63) is 72.4 Å². The van der Waals surface area contributed by atoms with Crippen LogP contribution in [0.4, 0.5) is 0 Å². The molecule has 0 amide bonds. The van der Waals surface area contributed by atoms with Crippen LogP contribution in [-0.2, 0) is 0 Å². The third kappa shape index (κ3) is 2.38. The van der Waals surface area contributed by atoms with Gasteiger partial charge in [-0.1, -0.05) is 41.6 Å². The molecule has 2 heterocycles. The van der Waals surface area contributed by atoms with Crippen molar-refractivity contribution < 1.29 is 9.62 Å². The van der Waals surface area contributed by atoms with Gasteiger partial charge in [-0.2, -0.15) is 5.10 Å². The molecule has 0 atom stereocenters. The molecule has 2 aromatic carbocycles.